The topological polar surface area (TPSA) is 58.7 Å². The molecule has 0 fully saturated rings. The highest BCUT2D eigenvalue weighted by Gasteiger charge is 2.15. The highest BCUT2D eigenvalue weighted by molar-refractivity contribution is 5.91. The summed E-state index contributed by atoms with van der Waals surface area (Å²) >= 11 is 0. The fourth-order valence-corrected chi connectivity index (χ4v) is 3.01. The molecule has 0 saturated heterocycles. The van der Waals surface area contributed by atoms with Crippen molar-refractivity contribution in [1.29, 1.82) is 0 Å². The summed E-state index contributed by atoms with van der Waals surface area (Å²) < 4.78 is 2.20. The Morgan fingerprint density at radius 1 is 0.800 bits per heavy atom. The Hall–Kier alpha value is -3.15. The lowest BCUT2D eigenvalue weighted by Crippen LogP contribution is -2.30. The van der Waals surface area contributed by atoms with E-state index in [1.165, 1.54) is 22.0 Å². The van der Waals surface area contributed by atoms with Crippen LogP contribution in [0.4, 0.5) is 5.69 Å². The highest BCUT2D eigenvalue weighted by Crippen LogP contribution is 2.24. The van der Waals surface area contributed by atoms with Crippen LogP contribution in [0.3, 0.4) is 0 Å². The van der Waals surface area contributed by atoms with Crippen LogP contribution in [0.25, 0.3) is 33.2 Å². The SMILES string of the molecule is Cc1nnc(-c2ccc3cc4ccc(N(C)C)cc4[n+](C)c3c2)nn1. The van der Waals surface area contributed by atoms with E-state index in [2.05, 4.69) is 87.4 Å². The number of aryl methyl sites for hydroxylation is 2. The van der Waals surface area contributed by atoms with Crippen molar-refractivity contribution in [2.24, 2.45) is 7.05 Å². The predicted octanol–water partition coefficient (Wildman–Crippen LogP) is 2.44. The molecule has 0 atom stereocenters. The van der Waals surface area contributed by atoms with Crippen molar-refractivity contribution in [3.8, 4) is 11.4 Å². The molecule has 0 radical (unpaired) electrons. The lowest BCUT2D eigenvalue weighted by atomic mass is 10.1. The van der Waals surface area contributed by atoms with Crippen LogP contribution in [0.1, 0.15) is 5.82 Å². The summed E-state index contributed by atoms with van der Waals surface area (Å²) in [5.41, 5.74) is 4.38. The molecule has 2 aromatic heterocycles. The second kappa shape index (κ2) is 5.73. The van der Waals surface area contributed by atoms with Gasteiger partial charge in [0.05, 0.1) is 0 Å². The molecule has 0 aliphatic carbocycles. The Labute approximate surface area is 145 Å². The van der Waals surface area contributed by atoms with E-state index in [4.69, 9.17) is 0 Å². The zero-order valence-corrected chi connectivity index (χ0v) is 14.7. The van der Waals surface area contributed by atoms with Crippen LogP contribution >= 0.6 is 0 Å². The molecule has 0 spiro atoms. The zero-order chi connectivity index (χ0) is 17.6. The van der Waals surface area contributed by atoms with Gasteiger partial charge in [0.2, 0.25) is 16.9 Å². The summed E-state index contributed by atoms with van der Waals surface area (Å²) in [5.74, 6) is 1.10. The van der Waals surface area contributed by atoms with Crippen molar-refractivity contribution in [2.45, 2.75) is 6.92 Å². The number of hydrogen-bond donors (Lipinski definition) is 0. The van der Waals surface area contributed by atoms with Gasteiger partial charge in [-0.3, -0.25) is 0 Å². The molecule has 0 amide bonds. The standard InChI is InChI=1S/C19H19N6/c1-12-20-22-19(23-21-12)15-6-5-13-9-14-7-8-16(24(2)3)11-18(14)25(4)17(13)10-15/h5-11H,1-4H3/q+1. The fraction of sp³-hybridized carbons (Fsp3) is 0.211. The second-order valence-electron chi connectivity index (χ2n) is 6.39. The van der Waals surface area contributed by atoms with Gasteiger partial charge in [0.15, 0.2) is 5.82 Å². The number of fused-ring (bicyclic) bond motifs is 2. The van der Waals surface area contributed by atoms with Gasteiger partial charge in [0, 0.05) is 48.3 Å². The Kier molecular flexibility index (Phi) is 3.53. The molecule has 0 saturated carbocycles. The number of aromatic nitrogens is 5. The van der Waals surface area contributed by atoms with Crippen LogP contribution < -0.4 is 9.47 Å². The fourth-order valence-electron chi connectivity index (χ4n) is 3.01. The molecule has 0 bridgehead atoms. The van der Waals surface area contributed by atoms with E-state index in [-0.39, 0.29) is 0 Å². The summed E-state index contributed by atoms with van der Waals surface area (Å²) in [6.07, 6.45) is 0. The first kappa shape index (κ1) is 15.4. The number of hydrogen-bond acceptors (Lipinski definition) is 5. The van der Waals surface area contributed by atoms with E-state index in [0.717, 1.165) is 11.1 Å². The third kappa shape index (κ3) is 2.65. The van der Waals surface area contributed by atoms with Crippen molar-refractivity contribution < 1.29 is 4.57 Å². The average molecular weight is 331 g/mol. The number of pyridine rings is 1. The van der Waals surface area contributed by atoms with Gasteiger partial charge in [-0.1, -0.05) is 0 Å². The molecule has 4 rings (SSSR count). The molecule has 0 N–H and O–H groups in total. The van der Waals surface area contributed by atoms with E-state index in [1.54, 1.807) is 6.92 Å². The maximum Gasteiger partial charge on any atom is 0.214 e. The first-order valence-electron chi connectivity index (χ1n) is 8.11. The monoisotopic (exact) mass is 331 g/mol. The van der Waals surface area contributed by atoms with Gasteiger partial charge in [0.1, 0.15) is 7.05 Å². The van der Waals surface area contributed by atoms with Crippen molar-refractivity contribution in [3.05, 3.63) is 48.3 Å². The van der Waals surface area contributed by atoms with Crippen LogP contribution in [0.2, 0.25) is 0 Å². The lowest BCUT2D eigenvalue weighted by molar-refractivity contribution is -0.617. The largest absolute Gasteiger partial charge is 0.377 e. The van der Waals surface area contributed by atoms with Crippen molar-refractivity contribution in [2.75, 3.05) is 19.0 Å². The second-order valence-corrected chi connectivity index (χ2v) is 6.39. The summed E-state index contributed by atoms with van der Waals surface area (Å²) in [7, 11) is 6.19. The van der Waals surface area contributed by atoms with Crippen molar-refractivity contribution in [1.82, 2.24) is 20.4 Å². The van der Waals surface area contributed by atoms with Crippen LogP contribution in [0.15, 0.2) is 42.5 Å². The molecule has 25 heavy (non-hydrogen) atoms. The van der Waals surface area contributed by atoms with Gasteiger partial charge in [-0.25, -0.2) is 0 Å². The van der Waals surface area contributed by atoms with E-state index < -0.39 is 0 Å². The molecule has 0 aliphatic rings. The molecule has 6 nitrogen and oxygen atoms in total. The molecule has 6 heteroatoms. The van der Waals surface area contributed by atoms with Crippen molar-refractivity contribution >= 4 is 27.5 Å². The molecule has 124 valence electrons. The van der Waals surface area contributed by atoms with E-state index in [0.29, 0.717) is 11.6 Å². The van der Waals surface area contributed by atoms with Gasteiger partial charge in [-0.15, -0.1) is 20.4 Å². The molecular formula is C19H19N6+. The van der Waals surface area contributed by atoms with E-state index in [9.17, 15) is 0 Å². The Morgan fingerprint density at radius 3 is 2.12 bits per heavy atom. The Balaban J connectivity index is 1.95. The van der Waals surface area contributed by atoms with E-state index >= 15 is 0 Å². The minimum atomic E-state index is 0.537. The number of benzene rings is 2. The minimum Gasteiger partial charge on any atom is -0.377 e. The maximum atomic E-state index is 4.15. The summed E-state index contributed by atoms with van der Waals surface area (Å²) in [5, 5.41) is 18.7. The van der Waals surface area contributed by atoms with E-state index in [1.807, 2.05) is 6.07 Å². The number of rotatable bonds is 2. The number of anilines is 1. The summed E-state index contributed by atoms with van der Waals surface area (Å²) in [4.78, 5) is 2.11. The normalized spacial score (nSPS) is 11.2. The molecular weight excluding hydrogens is 312 g/mol. The molecule has 0 unspecified atom stereocenters. The van der Waals surface area contributed by atoms with Gasteiger partial charge in [-0.05, 0) is 37.3 Å². The summed E-state index contributed by atoms with van der Waals surface area (Å²) in [6, 6.07) is 14.9. The number of nitrogens with zero attached hydrogens (tertiary/aromatic N) is 6. The third-order valence-corrected chi connectivity index (χ3v) is 4.43. The molecule has 2 heterocycles. The van der Waals surface area contributed by atoms with Gasteiger partial charge in [-0.2, -0.15) is 4.57 Å². The minimum absolute atomic E-state index is 0.537. The maximum absolute atomic E-state index is 4.15. The Bertz CT molecular complexity index is 1090. The van der Waals surface area contributed by atoms with Crippen LogP contribution in [0.5, 0.6) is 0 Å². The zero-order valence-electron chi connectivity index (χ0n) is 14.7. The van der Waals surface area contributed by atoms with Gasteiger partial charge in [0.25, 0.3) is 0 Å². The van der Waals surface area contributed by atoms with Crippen LogP contribution in [0, 0.1) is 6.92 Å². The highest BCUT2D eigenvalue weighted by atomic mass is 15.3. The van der Waals surface area contributed by atoms with Crippen molar-refractivity contribution in [3.63, 3.8) is 0 Å². The summed E-state index contributed by atoms with van der Waals surface area (Å²) in [6.45, 7) is 1.78. The lowest BCUT2D eigenvalue weighted by Gasteiger charge is -2.12. The quantitative estimate of drug-likeness (QED) is 0.417. The van der Waals surface area contributed by atoms with Gasteiger partial charge < -0.3 is 4.90 Å². The first-order chi connectivity index (χ1) is 12.0. The first-order valence-corrected chi connectivity index (χ1v) is 8.11. The Morgan fingerprint density at radius 2 is 1.44 bits per heavy atom. The van der Waals surface area contributed by atoms with Gasteiger partial charge >= 0.3 is 0 Å². The predicted molar refractivity (Wildman–Crippen MR) is 98.3 cm³/mol. The third-order valence-electron chi connectivity index (χ3n) is 4.43. The van der Waals surface area contributed by atoms with Crippen LogP contribution in [-0.4, -0.2) is 34.5 Å². The average Bonchev–Trinajstić information content (AvgIpc) is 2.62. The van der Waals surface area contributed by atoms with Crippen LogP contribution in [-0.2, 0) is 7.05 Å². The molecule has 0 aliphatic heterocycles. The molecule has 4 aromatic rings. The smallest absolute Gasteiger partial charge is 0.214 e. The molecule has 2 aromatic carbocycles.